The van der Waals surface area contributed by atoms with E-state index in [1.165, 1.54) is 0 Å². The first-order chi connectivity index (χ1) is 13.4. The number of carbonyl (C=O) groups excluding carboxylic acids is 2. The van der Waals surface area contributed by atoms with E-state index in [1.54, 1.807) is 6.92 Å². The van der Waals surface area contributed by atoms with Gasteiger partial charge < -0.3 is 9.84 Å². The van der Waals surface area contributed by atoms with Crippen LogP contribution in [0.1, 0.15) is 35.8 Å². The number of benzene rings is 2. The maximum absolute atomic E-state index is 12.6. The monoisotopic (exact) mass is 441 g/mol. The number of ether oxygens (including phenoxy) is 1. The second-order valence-corrected chi connectivity index (χ2v) is 7.16. The second kappa shape index (κ2) is 8.52. The van der Waals surface area contributed by atoms with Gasteiger partial charge in [0.15, 0.2) is 11.5 Å². The summed E-state index contributed by atoms with van der Waals surface area (Å²) in [7, 11) is 0. The number of fused-ring (bicyclic) bond motifs is 1. The maximum Gasteiger partial charge on any atom is 0.306 e. The summed E-state index contributed by atoms with van der Waals surface area (Å²) in [4.78, 5) is 28.7. The SMILES string of the molecule is CCOC(=O)CCC(=O)c1nc2c(-c3ccccc3C)cccc2c(Br)c1O. The van der Waals surface area contributed by atoms with E-state index in [0.717, 1.165) is 16.7 Å². The highest BCUT2D eigenvalue weighted by Gasteiger charge is 2.21. The van der Waals surface area contributed by atoms with Crippen LogP contribution < -0.4 is 0 Å². The molecule has 0 fully saturated rings. The Morgan fingerprint density at radius 1 is 1.07 bits per heavy atom. The zero-order valence-electron chi connectivity index (χ0n) is 15.7. The predicted molar refractivity (Wildman–Crippen MR) is 111 cm³/mol. The van der Waals surface area contributed by atoms with Gasteiger partial charge in [0.25, 0.3) is 0 Å². The Kier molecular flexibility index (Phi) is 6.09. The van der Waals surface area contributed by atoms with E-state index in [4.69, 9.17) is 4.74 Å². The predicted octanol–water partition coefficient (Wildman–Crippen LogP) is 5.20. The summed E-state index contributed by atoms with van der Waals surface area (Å²) in [5.74, 6) is -1.08. The van der Waals surface area contributed by atoms with Gasteiger partial charge in [-0.2, -0.15) is 0 Å². The molecule has 1 N–H and O–H groups in total. The van der Waals surface area contributed by atoms with Crippen LogP contribution >= 0.6 is 15.9 Å². The first-order valence-electron chi connectivity index (χ1n) is 9.00. The number of nitrogens with zero attached hydrogens (tertiary/aromatic N) is 1. The van der Waals surface area contributed by atoms with Gasteiger partial charge in [0.05, 0.1) is 23.0 Å². The molecule has 0 aliphatic carbocycles. The third kappa shape index (κ3) is 3.92. The molecule has 0 radical (unpaired) electrons. The van der Waals surface area contributed by atoms with Crippen LogP contribution in [0.3, 0.4) is 0 Å². The number of Topliss-reactive ketones (excluding diaryl/α,β-unsaturated/α-hetero) is 1. The first-order valence-corrected chi connectivity index (χ1v) is 9.79. The van der Waals surface area contributed by atoms with Gasteiger partial charge in [0.2, 0.25) is 0 Å². The third-order valence-corrected chi connectivity index (χ3v) is 5.29. The molecule has 3 rings (SSSR count). The molecule has 0 saturated carbocycles. The van der Waals surface area contributed by atoms with Crippen LogP contribution in [0.25, 0.3) is 22.0 Å². The smallest absolute Gasteiger partial charge is 0.306 e. The minimum atomic E-state index is -0.448. The van der Waals surface area contributed by atoms with Gasteiger partial charge in [-0.15, -0.1) is 0 Å². The van der Waals surface area contributed by atoms with Crippen LogP contribution in [-0.2, 0) is 9.53 Å². The van der Waals surface area contributed by atoms with E-state index < -0.39 is 11.8 Å². The lowest BCUT2D eigenvalue weighted by molar-refractivity contribution is -0.143. The topological polar surface area (TPSA) is 76.5 Å². The highest BCUT2D eigenvalue weighted by Crippen LogP contribution is 2.38. The van der Waals surface area contributed by atoms with E-state index in [9.17, 15) is 14.7 Å². The number of ketones is 1. The molecule has 6 heteroatoms. The van der Waals surface area contributed by atoms with E-state index in [1.807, 2.05) is 49.4 Å². The number of hydrogen-bond acceptors (Lipinski definition) is 5. The molecule has 5 nitrogen and oxygen atoms in total. The van der Waals surface area contributed by atoms with Gasteiger partial charge in [-0.3, -0.25) is 9.59 Å². The lowest BCUT2D eigenvalue weighted by Crippen LogP contribution is -2.09. The Labute approximate surface area is 171 Å². The van der Waals surface area contributed by atoms with Gasteiger partial charge in [-0.05, 0) is 40.9 Å². The Bertz CT molecular complexity index is 1060. The minimum Gasteiger partial charge on any atom is -0.504 e. The molecule has 144 valence electrons. The lowest BCUT2D eigenvalue weighted by Gasteiger charge is -2.13. The first kappa shape index (κ1) is 20.0. The molecule has 1 aromatic heterocycles. The highest BCUT2D eigenvalue weighted by molar-refractivity contribution is 9.10. The molecule has 1 heterocycles. The Morgan fingerprint density at radius 2 is 1.79 bits per heavy atom. The molecule has 0 bridgehead atoms. The number of rotatable bonds is 6. The van der Waals surface area contributed by atoms with Gasteiger partial charge >= 0.3 is 5.97 Å². The number of halogens is 1. The van der Waals surface area contributed by atoms with Crippen molar-refractivity contribution in [2.45, 2.75) is 26.7 Å². The number of para-hydroxylation sites is 1. The fourth-order valence-corrected chi connectivity index (χ4v) is 3.60. The molecule has 28 heavy (non-hydrogen) atoms. The van der Waals surface area contributed by atoms with Crippen molar-refractivity contribution in [3.05, 3.63) is 58.2 Å². The van der Waals surface area contributed by atoms with Gasteiger partial charge in [-0.1, -0.05) is 42.5 Å². The molecular weight excluding hydrogens is 422 g/mol. The van der Waals surface area contributed by atoms with Crippen molar-refractivity contribution < 1.29 is 19.4 Å². The maximum atomic E-state index is 12.6. The number of aryl methyl sites for hydroxylation is 1. The molecule has 0 atom stereocenters. The number of hydrogen-bond donors (Lipinski definition) is 1. The van der Waals surface area contributed by atoms with E-state index in [2.05, 4.69) is 20.9 Å². The quantitative estimate of drug-likeness (QED) is 0.419. The molecule has 0 saturated heterocycles. The van der Waals surface area contributed by atoms with Crippen LogP contribution in [0.5, 0.6) is 5.75 Å². The number of aromatic hydroxyl groups is 1. The summed E-state index contributed by atoms with van der Waals surface area (Å²) in [6.45, 7) is 3.98. The summed E-state index contributed by atoms with van der Waals surface area (Å²) in [5.41, 5.74) is 3.51. The summed E-state index contributed by atoms with van der Waals surface area (Å²) in [5, 5.41) is 11.2. The van der Waals surface area contributed by atoms with Crippen LogP contribution in [0.15, 0.2) is 46.9 Å². The summed E-state index contributed by atoms with van der Waals surface area (Å²) >= 11 is 3.40. The molecule has 3 aromatic rings. The number of aromatic nitrogens is 1. The molecule has 0 amide bonds. The fraction of sp³-hybridized carbons (Fsp3) is 0.227. The largest absolute Gasteiger partial charge is 0.504 e. The van der Waals surface area contributed by atoms with Crippen molar-refractivity contribution in [2.24, 2.45) is 0 Å². The Hall–Kier alpha value is -2.73. The van der Waals surface area contributed by atoms with E-state index >= 15 is 0 Å². The van der Waals surface area contributed by atoms with Crippen LogP contribution in [0.2, 0.25) is 0 Å². The molecule has 0 spiro atoms. The van der Waals surface area contributed by atoms with Crippen LogP contribution in [-0.4, -0.2) is 28.4 Å². The zero-order chi connectivity index (χ0) is 20.3. The van der Waals surface area contributed by atoms with E-state index in [0.29, 0.717) is 15.4 Å². The highest BCUT2D eigenvalue weighted by atomic mass is 79.9. The molecule has 0 aliphatic heterocycles. The van der Waals surface area contributed by atoms with Crippen LogP contribution in [0.4, 0.5) is 0 Å². The van der Waals surface area contributed by atoms with Crippen molar-refractivity contribution in [1.29, 1.82) is 0 Å². The normalized spacial score (nSPS) is 10.8. The fourth-order valence-electron chi connectivity index (χ4n) is 3.09. The van der Waals surface area contributed by atoms with Crippen molar-refractivity contribution in [2.75, 3.05) is 6.61 Å². The average molecular weight is 442 g/mol. The molecule has 0 unspecified atom stereocenters. The van der Waals surface area contributed by atoms with Gasteiger partial charge in [-0.25, -0.2) is 4.98 Å². The number of esters is 1. The standard InChI is InChI=1S/C22H20BrNO4/c1-3-28-18(26)12-11-17(25)21-22(27)19(23)16-10-6-9-15(20(16)24-21)14-8-5-4-7-13(14)2/h4-10,27H,3,11-12H2,1-2H3. The third-order valence-electron chi connectivity index (χ3n) is 4.49. The summed E-state index contributed by atoms with van der Waals surface area (Å²) < 4.78 is 5.27. The van der Waals surface area contributed by atoms with Crippen molar-refractivity contribution in [3.8, 4) is 16.9 Å². The molecule has 0 aliphatic rings. The number of pyridine rings is 1. The van der Waals surface area contributed by atoms with E-state index in [-0.39, 0.29) is 30.9 Å². The minimum absolute atomic E-state index is 0.0512. The number of carbonyl (C=O) groups is 2. The van der Waals surface area contributed by atoms with Gasteiger partial charge in [0, 0.05) is 17.4 Å². The molecule has 2 aromatic carbocycles. The lowest BCUT2D eigenvalue weighted by atomic mass is 9.97. The Balaban J connectivity index is 2.09. The van der Waals surface area contributed by atoms with Crippen LogP contribution in [0, 0.1) is 6.92 Å². The molecular formula is C22H20BrNO4. The average Bonchev–Trinajstić information content (AvgIpc) is 2.69. The van der Waals surface area contributed by atoms with Gasteiger partial charge in [0.1, 0.15) is 5.69 Å². The van der Waals surface area contributed by atoms with Crippen molar-refractivity contribution in [1.82, 2.24) is 4.98 Å². The van der Waals surface area contributed by atoms with Crippen molar-refractivity contribution in [3.63, 3.8) is 0 Å². The van der Waals surface area contributed by atoms with Crippen molar-refractivity contribution >= 4 is 38.6 Å². The summed E-state index contributed by atoms with van der Waals surface area (Å²) in [6, 6.07) is 13.6. The summed E-state index contributed by atoms with van der Waals surface area (Å²) in [6.07, 6.45) is -0.132. The Morgan fingerprint density at radius 3 is 2.50 bits per heavy atom. The zero-order valence-corrected chi connectivity index (χ0v) is 17.2. The second-order valence-electron chi connectivity index (χ2n) is 6.37.